The zero-order valence-electron chi connectivity index (χ0n) is 19.2. The Morgan fingerprint density at radius 2 is 1.11 bits per heavy atom. The molecule has 0 saturated heterocycles. The number of urea groups is 1. The number of fused-ring (bicyclic) bond motifs is 8. The number of nitrogens with one attached hydrogen (secondary N) is 2. The van der Waals surface area contributed by atoms with E-state index in [4.69, 9.17) is 9.97 Å². The number of hydrogen-bond donors (Lipinski definition) is 2. The molecule has 2 amide bonds. The minimum atomic E-state index is -0.309. The van der Waals surface area contributed by atoms with E-state index in [0.717, 1.165) is 60.1 Å². The number of carbonyl (C=O) groups excluding carboxylic acids is 1. The van der Waals surface area contributed by atoms with Gasteiger partial charge >= 0.3 is 6.03 Å². The van der Waals surface area contributed by atoms with Crippen LogP contribution in [0.2, 0.25) is 0 Å². The summed E-state index contributed by atoms with van der Waals surface area (Å²) in [5.74, 6) is 0. The van der Waals surface area contributed by atoms with Gasteiger partial charge in [0.15, 0.2) is 0 Å². The predicted octanol–water partition coefficient (Wildman–Crippen LogP) is 7.89. The third kappa shape index (κ3) is 3.29. The van der Waals surface area contributed by atoms with E-state index in [1.165, 1.54) is 0 Å². The van der Waals surface area contributed by atoms with Gasteiger partial charge in [-0.3, -0.25) is 0 Å². The minimum Gasteiger partial charge on any atom is -0.308 e. The number of anilines is 2. The topological polar surface area (TPSA) is 66.9 Å². The first-order valence-corrected chi connectivity index (χ1v) is 11.8. The van der Waals surface area contributed by atoms with Gasteiger partial charge in [-0.1, -0.05) is 84.9 Å². The molecule has 5 nitrogen and oxygen atoms in total. The first-order valence-electron chi connectivity index (χ1n) is 11.8. The van der Waals surface area contributed by atoms with E-state index < -0.39 is 0 Å². The number of hydrogen-bond acceptors (Lipinski definition) is 3. The summed E-state index contributed by atoms with van der Waals surface area (Å²) in [5.41, 5.74) is 4.66. The molecule has 1 aromatic heterocycles. The Kier molecular flexibility index (Phi) is 4.54. The summed E-state index contributed by atoms with van der Waals surface area (Å²) in [6.45, 7) is 0. The van der Waals surface area contributed by atoms with Gasteiger partial charge in [0.25, 0.3) is 0 Å². The second kappa shape index (κ2) is 8.03. The summed E-state index contributed by atoms with van der Waals surface area (Å²) < 4.78 is 0. The van der Waals surface area contributed by atoms with E-state index in [9.17, 15) is 4.79 Å². The second-order valence-electron chi connectivity index (χ2n) is 8.82. The van der Waals surface area contributed by atoms with Gasteiger partial charge in [0.1, 0.15) is 0 Å². The highest BCUT2D eigenvalue weighted by Gasteiger charge is 2.13. The predicted molar refractivity (Wildman–Crippen MR) is 149 cm³/mol. The van der Waals surface area contributed by atoms with Crippen molar-refractivity contribution in [3.63, 3.8) is 0 Å². The highest BCUT2D eigenvalue weighted by Crippen LogP contribution is 2.34. The number of rotatable bonds is 2. The van der Waals surface area contributed by atoms with Crippen LogP contribution in [0.1, 0.15) is 0 Å². The highest BCUT2D eigenvalue weighted by atomic mass is 16.2. The van der Waals surface area contributed by atoms with Crippen molar-refractivity contribution in [2.24, 2.45) is 0 Å². The molecule has 0 saturated carbocycles. The van der Waals surface area contributed by atoms with Gasteiger partial charge in [0, 0.05) is 21.8 Å². The van der Waals surface area contributed by atoms with Gasteiger partial charge in [-0.25, -0.2) is 14.8 Å². The maximum atomic E-state index is 12.8. The summed E-state index contributed by atoms with van der Waals surface area (Å²) >= 11 is 0. The van der Waals surface area contributed by atoms with Crippen LogP contribution < -0.4 is 10.6 Å². The summed E-state index contributed by atoms with van der Waals surface area (Å²) in [7, 11) is 0. The Labute approximate surface area is 206 Å². The average Bonchev–Trinajstić information content (AvgIpc) is 2.92. The Hall–Kier alpha value is -5.03. The fourth-order valence-corrected chi connectivity index (χ4v) is 4.98. The molecule has 1 heterocycles. The Morgan fingerprint density at radius 1 is 0.528 bits per heavy atom. The van der Waals surface area contributed by atoms with E-state index in [2.05, 4.69) is 41.0 Å². The molecule has 7 rings (SSSR count). The molecule has 5 heteroatoms. The molecule has 0 fully saturated rings. The summed E-state index contributed by atoms with van der Waals surface area (Å²) in [5, 5.41) is 12.4. The molecule has 0 unspecified atom stereocenters. The van der Waals surface area contributed by atoms with Crippen LogP contribution in [0.5, 0.6) is 0 Å². The monoisotopic (exact) mass is 464 g/mol. The largest absolute Gasteiger partial charge is 0.323 e. The molecule has 7 aromatic rings. The summed E-state index contributed by atoms with van der Waals surface area (Å²) in [4.78, 5) is 22.8. The van der Waals surface area contributed by atoms with Gasteiger partial charge in [0.05, 0.1) is 27.8 Å². The van der Waals surface area contributed by atoms with Gasteiger partial charge in [-0.2, -0.15) is 0 Å². The van der Waals surface area contributed by atoms with Crippen molar-refractivity contribution in [3.05, 3.63) is 109 Å². The first-order chi connectivity index (χ1) is 17.7. The zero-order chi connectivity index (χ0) is 24.1. The quantitative estimate of drug-likeness (QED) is 0.202. The highest BCUT2D eigenvalue weighted by molar-refractivity contribution is 6.23. The van der Waals surface area contributed by atoms with E-state index in [1.54, 1.807) is 0 Å². The second-order valence-corrected chi connectivity index (χ2v) is 8.82. The maximum absolute atomic E-state index is 12.8. The molecule has 2 N–H and O–H groups in total. The summed E-state index contributed by atoms with van der Waals surface area (Å²) in [6, 6.07) is 35.7. The van der Waals surface area contributed by atoms with Gasteiger partial charge < -0.3 is 10.6 Å². The molecule has 170 valence electrons. The van der Waals surface area contributed by atoms with Crippen molar-refractivity contribution in [2.75, 3.05) is 10.6 Å². The number of carbonyl (C=O) groups is 1. The van der Waals surface area contributed by atoms with Crippen molar-refractivity contribution < 1.29 is 4.79 Å². The van der Waals surface area contributed by atoms with Crippen LogP contribution in [-0.4, -0.2) is 16.0 Å². The average molecular weight is 465 g/mol. The normalized spacial score (nSPS) is 11.4. The van der Waals surface area contributed by atoms with E-state index >= 15 is 0 Å². The van der Waals surface area contributed by atoms with Crippen molar-refractivity contribution in [2.45, 2.75) is 0 Å². The van der Waals surface area contributed by atoms with Crippen LogP contribution in [0.25, 0.3) is 54.4 Å². The minimum absolute atomic E-state index is 0.309. The maximum Gasteiger partial charge on any atom is 0.323 e. The molecule has 0 aliphatic heterocycles. The van der Waals surface area contributed by atoms with Crippen molar-refractivity contribution in [1.82, 2.24) is 9.97 Å². The van der Waals surface area contributed by atoms with E-state index in [-0.39, 0.29) is 6.03 Å². The smallest absolute Gasteiger partial charge is 0.308 e. The van der Waals surface area contributed by atoms with Crippen molar-refractivity contribution in [3.8, 4) is 0 Å². The molecule has 0 bridgehead atoms. The lowest BCUT2D eigenvalue weighted by Gasteiger charge is -2.12. The fraction of sp³-hybridized carbons (Fsp3) is 0. The third-order valence-corrected chi connectivity index (χ3v) is 6.61. The molecule has 6 aromatic carbocycles. The summed E-state index contributed by atoms with van der Waals surface area (Å²) in [6.07, 6.45) is 0. The van der Waals surface area contributed by atoms with Crippen LogP contribution in [0.15, 0.2) is 109 Å². The number of aromatic nitrogens is 2. The van der Waals surface area contributed by atoms with Crippen molar-refractivity contribution >= 4 is 71.8 Å². The third-order valence-electron chi connectivity index (χ3n) is 6.61. The van der Waals surface area contributed by atoms with E-state index in [1.807, 2.05) is 78.9 Å². The number of nitrogens with zero attached hydrogens (tertiary/aromatic N) is 2. The van der Waals surface area contributed by atoms with Crippen LogP contribution >= 0.6 is 0 Å². The van der Waals surface area contributed by atoms with Gasteiger partial charge in [-0.05, 0) is 40.4 Å². The lowest BCUT2D eigenvalue weighted by atomic mass is 9.99. The SMILES string of the molecule is O=C(Nc1ccc2nc3c4ccccc4c4ccccc4c3nc2c1)Nc1cccc2ccccc12. The standard InChI is InChI=1S/C31H20N4O/c36-31(35-26-15-7-9-19-8-1-2-10-21(19)26)32-20-16-17-27-28(18-20)34-30-25-14-6-4-12-23(25)22-11-3-5-13-24(22)29(30)33-27/h1-18H,(H2,32,35,36). The molecule has 0 radical (unpaired) electrons. The van der Waals surface area contributed by atoms with Crippen LogP contribution in [-0.2, 0) is 0 Å². The molecule has 0 spiro atoms. The van der Waals surface area contributed by atoms with Crippen molar-refractivity contribution in [1.29, 1.82) is 0 Å². The first kappa shape index (κ1) is 20.4. The Bertz CT molecular complexity index is 1970. The molecule has 0 aliphatic carbocycles. The van der Waals surface area contributed by atoms with Gasteiger partial charge in [-0.15, -0.1) is 0 Å². The molecular weight excluding hydrogens is 444 g/mol. The molecule has 36 heavy (non-hydrogen) atoms. The van der Waals surface area contributed by atoms with Crippen LogP contribution in [0, 0.1) is 0 Å². The van der Waals surface area contributed by atoms with Crippen LogP contribution in [0.3, 0.4) is 0 Å². The lowest BCUT2D eigenvalue weighted by molar-refractivity contribution is 0.262. The Morgan fingerprint density at radius 3 is 1.83 bits per heavy atom. The van der Waals surface area contributed by atoms with Crippen LogP contribution in [0.4, 0.5) is 16.2 Å². The molecular formula is C31H20N4O. The number of benzene rings is 6. The molecule has 0 aliphatic rings. The van der Waals surface area contributed by atoms with Gasteiger partial charge in [0.2, 0.25) is 0 Å². The fourth-order valence-electron chi connectivity index (χ4n) is 4.98. The molecule has 0 atom stereocenters. The number of amides is 2. The Balaban J connectivity index is 1.29. The zero-order valence-corrected chi connectivity index (χ0v) is 19.2. The lowest BCUT2D eigenvalue weighted by Crippen LogP contribution is -2.19. The van der Waals surface area contributed by atoms with E-state index in [0.29, 0.717) is 5.69 Å².